The van der Waals surface area contributed by atoms with Gasteiger partial charge < -0.3 is 0 Å². The summed E-state index contributed by atoms with van der Waals surface area (Å²) in [4.78, 5) is 10.5. The molecule has 1 aromatic carbocycles. The Hall–Kier alpha value is -1.63. The topological polar surface area (TPSA) is 17.1 Å². The normalized spacial score (nSPS) is 13.2. The van der Waals surface area contributed by atoms with Crippen LogP contribution in [-0.4, -0.2) is 6.29 Å². The van der Waals surface area contributed by atoms with Gasteiger partial charge in [-0.15, -0.1) is 0 Å². The van der Waals surface area contributed by atoms with E-state index in [1.807, 2.05) is 18.2 Å². The molecular weight excluding hydrogens is 196 g/mol. The fourth-order valence-corrected chi connectivity index (χ4v) is 1.56. The summed E-state index contributed by atoms with van der Waals surface area (Å²) in [5.41, 5.74) is 3.13. The highest BCUT2D eigenvalue weighted by molar-refractivity contribution is 5.72. The van der Waals surface area contributed by atoms with Gasteiger partial charge in [-0.2, -0.15) is 0 Å². The molecule has 1 aromatic rings. The van der Waals surface area contributed by atoms with Crippen LogP contribution < -0.4 is 0 Å². The van der Waals surface area contributed by atoms with Crippen LogP contribution in [0.4, 0.5) is 0 Å². The lowest BCUT2D eigenvalue weighted by Crippen LogP contribution is -1.98. The van der Waals surface area contributed by atoms with Crippen LogP contribution in [0, 0.1) is 5.92 Å². The first-order valence-corrected chi connectivity index (χ1v) is 5.49. The van der Waals surface area contributed by atoms with Crippen LogP contribution in [0.2, 0.25) is 0 Å². The number of rotatable bonds is 5. The molecule has 0 heterocycles. The highest BCUT2D eigenvalue weighted by Gasteiger charge is 2.05. The molecule has 0 saturated carbocycles. The van der Waals surface area contributed by atoms with Gasteiger partial charge in [-0.3, -0.25) is 4.79 Å². The van der Waals surface area contributed by atoms with E-state index in [1.54, 1.807) is 0 Å². The number of aldehydes is 1. The van der Waals surface area contributed by atoms with E-state index in [9.17, 15) is 4.79 Å². The molecule has 1 rings (SSSR count). The highest BCUT2D eigenvalue weighted by Crippen LogP contribution is 2.19. The molecule has 0 aliphatic heterocycles. The van der Waals surface area contributed by atoms with Crippen LogP contribution in [0.25, 0.3) is 6.08 Å². The van der Waals surface area contributed by atoms with E-state index in [2.05, 4.69) is 38.6 Å². The van der Waals surface area contributed by atoms with Crippen molar-refractivity contribution < 1.29 is 4.79 Å². The lowest BCUT2D eigenvalue weighted by molar-refractivity contribution is -0.105. The van der Waals surface area contributed by atoms with Gasteiger partial charge in [0.05, 0.1) is 0 Å². The van der Waals surface area contributed by atoms with Crippen molar-refractivity contribution in [2.75, 3.05) is 0 Å². The van der Waals surface area contributed by atoms with Crippen molar-refractivity contribution in [2.24, 2.45) is 5.92 Å². The average Bonchev–Trinajstić information content (AvgIpc) is 2.30. The number of allylic oxidation sites excluding steroid dienone is 2. The van der Waals surface area contributed by atoms with Gasteiger partial charge >= 0.3 is 0 Å². The van der Waals surface area contributed by atoms with Crippen LogP contribution >= 0.6 is 0 Å². The van der Waals surface area contributed by atoms with Crippen LogP contribution in [0.1, 0.15) is 25.8 Å². The van der Waals surface area contributed by atoms with E-state index in [-0.39, 0.29) is 0 Å². The van der Waals surface area contributed by atoms with Gasteiger partial charge in [-0.25, -0.2) is 0 Å². The van der Waals surface area contributed by atoms with E-state index < -0.39 is 0 Å². The molecule has 0 fully saturated rings. The van der Waals surface area contributed by atoms with Crippen molar-refractivity contribution in [1.29, 1.82) is 0 Å². The average molecular weight is 214 g/mol. The van der Waals surface area contributed by atoms with E-state index >= 15 is 0 Å². The molecule has 1 atom stereocenters. The van der Waals surface area contributed by atoms with Crippen molar-refractivity contribution in [2.45, 2.75) is 20.3 Å². The van der Waals surface area contributed by atoms with Crippen LogP contribution in [0.15, 0.2) is 48.1 Å². The zero-order valence-corrected chi connectivity index (χ0v) is 9.94. The molecular formula is C15H18O. The molecule has 0 spiro atoms. The third-order valence-corrected chi connectivity index (χ3v) is 2.71. The predicted molar refractivity (Wildman–Crippen MR) is 69.1 cm³/mol. The summed E-state index contributed by atoms with van der Waals surface area (Å²) in [7, 11) is 0. The van der Waals surface area contributed by atoms with Crippen LogP contribution in [-0.2, 0) is 4.79 Å². The monoisotopic (exact) mass is 214 g/mol. The first-order chi connectivity index (χ1) is 7.63. The number of benzene rings is 1. The lowest BCUT2D eigenvalue weighted by atomic mass is 9.94. The molecule has 1 nitrogen and oxygen atoms in total. The molecule has 0 saturated heterocycles. The number of hydrogen-bond donors (Lipinski definition) is 0. The summed E-state index contributed by atoms with van der Waals surface area (Å²) < 4.78 is 0. The second kappa shape index (κ2) is 6.06. The molecule has 0 N–H and O–H groups in total. The Morgan fingerprint density at radius 3 is 2.56 bits per heavy atom. The molecule has 0 aliphatic rings. The minimum atomic E-state index is 0.359. The quantitative estimate of drug-likeness (QED) is 0.537. The molecule has 0 amide bonds. The second-order valence-electron chi connectivity index (χ2n) is 4.18. The maximum atomic E-state index is 10.5. The molecule has 84 valence electrons. The van der Waals surface area contributed by atoms with Gasteiger partial charge in [-0.05, 0) is 30.4 Å². The van der Waals surface area contributed by atoms with Gasteiger partial charge in [0.1, 0.15) is 6.29 Å². The Balaban J connectivity index is 2.70. The summed E-state index contributed by atoms with van der Waals surface area (Å²) in [6.07, 6.45) is 3.73. The molecule has 0 radical (unpaired) electrons. The second-order valence-corrected chi connectivity index (χ2v) is 4.18. The predicted octanol–water partition coefficient (Wildman–Crippen LogP) is 3.87. The molecule has 0 aliphatic carbocycles. The minimum Gasteiger partial charge on any atom is -0.298 e. The smallest absolute Gasteiger partial charge is 0.145 e. The van der Waals surface area contributed by atoms with Gasteiger partial charge in [0, 0.05) is 0 Å². The SMILES string of the molecule is C=C(C=O)CC(C)/C(C)=C/c1ccccc1. The lowest BCUT2D eigenvalue weighted by Gasteiger charge is -2.11. The summed E-state index contributed by atoms with van der Waals surface area (Å²) in [6, 6.07) is 10.2. The molecule has 1 unspecified atom stereocenters. The van der Waals surface area contributed by atoms with Crippen molar-refractivity contribution in [3.05, 3.63) is 53.6 Å². The molecule has 1 heteroatoms. The van der Waals surface area contributed by atoms with Crippen molar-refractivity contribution in [3.8, 4) is 0 Å². The van der Waals surface area contributed by atoms with Gasteiger partial charge in [0.15, 0.2) is 0 Å². The molecule has 0 aromatic heterocycles. The Labute approximate surface area is 97.5 Å². The highest BCUT2D eigenvalue weighted by atomic mass is 16.1. The third-order valence-electron chi connectivity index (χ3n) is 2.71. The minimum absolute atomic E-state index is 0.359. The Kier molecular flexibility index (Phi) is 4.71. The standard InChI is InChI=1S/C15H18O/c1-12(11-16)9-13(2)14(3)10-15-7-5-4-6-8-15/h4-8,10-11,13H,1,9H2,2-3H3/b14-10+. The van der Waals surface area contributed by atoms with E-state index in [0.717, 1.165) is 12.7 Å². The number of carbonyl (C=O) groups excluding carboxylic acids is 1. The van der Waals surface area contributed by atoms with Gasteiger partial charge in [0.2, 0.25) is 0 Å². The van der Waals surface area contributed by atoms with E-state index in [0.29, 0.717) is 11.5 Å². The number of hydrogen-bond acceptors (Lipinski definition) is 1. The zero-order valence-electron chi connectivity index (χ0n) is 9.94. The van der Waals surface area contributed by atoms with Crippen molar-refractivity contribution in [1.82, 2.24) is 0 Å². The molecule has 16 heavy (non-hydrogen) atoms. The van der Waals surface area contributed by atoms with Gasteiger partial charge in [-0.1, -0.05) is 55.5 Å². The fourth-order valence-electron chi connectivity index (χ4n) is 1.56. The Bertz CT molecular complexity index is 387. The van der Waals surface area contributed by atoms with Gasteiger partial charge in [0.25, 0.3) is 0 Å². The summed E-state index contributed by atoms with van der Waals surface area (Å²) >= 11 is 0. The maximum absolute atomic E-state index is 10.5. The first-order valence-electron chi connectivity index (χ1n) is 5.49. The summed E-state index contributed by atoms with van der Waals surface area (Å²) in [6.45, 7) is 7.91. The third kappa shape index (κ3) is 3.85. The van der Waals surface area contributed by atoms with E-state index in [4.69, 9.17) is 0 Å². The van der Waals surface area contributed by atoms with E-state index in [1.165, 1.54) is 11.1 Å². The van der Waals surface area contributed by atoms with Crippen molar-refractivity contribution in [3.63, 3.8) is 0 Å². The Morgan fingerprint density at radius 1 is 1.38 bits per heavy atom. The van der Waals surface area contributed by atoms with Crippen LogP contribution in [0.3, 0.4) is 0 Å². The fraction of sp³-hybridized carbons (Fsp3) is 0.267. The largest absolute Gasteiger partial charge is 0.298 e. The zero-order chi connectivity index (χ0) is 12.0. The van der Waals surface area contributed by atoms with Crippen LogP contribution in [0.5, 0.6) is 0 Å². The Morgan fingerprint density at radius 2 is 2.00 bits per heavy atom. The first kappa shape index (κ1) is 12.4. The maximum Gasteiger partial charge on any atom is 0.145 e. The van der Waals surface area contributed by atoms with Crippen molar-refractivity contribution >= 4 is 12.4 Å². The summed E-state index contributed by atoms with van der Waals surface area (Å²) in [5.74, 6) is 0.359. The molecule has 0 bridgehead atoms. The number of carbonyl (C=O) groups is 1. The summed E-state index contributed by atoms with van der Waals surface area (Å²) in [5, 5.41) is 0.